The molecular weight excluding hydrogens is 196 g/mol. The maximum atomic E-state index is 4.26. The van der Waals surface area contributed by atoms with Crippen molar-refractivity contribution >= 4 is 11.6 Å². The lowest BCUT2D eigenvalue weighted by molar-refractivity contribution is 1.25. The molecule has 0 amide bonds. The van der Waals surface area contributed by atoms with Crippen LogP contribution < -0.4 is 0 Å². The summed E-state index contributed by atoms with van der Waals surface area (Å²) >= 11 is 0. The molecular formula is C14H12N2. The molecule has 0 aliphatic carbocycles. The monoisotopic (exact) mass is 208 g/mol. The lowest BCUT2D eigenvalue weighted by atomic mass is 10.0. The number of pyridine rings is 2. The highest BCUT2D eigenvalue weighted by atomic mass is 14.7. The van der Waals surface area contributed by atoms with Crippen LogP contribution in [0.25, 0.3) is 11.6 Å². The van der Waals surface area contributed by atoms with E-state index in [1.807, 2.05) is 30.3 Å². The van der Waals surface area contributed by atoms with Crippen molar-refractivity contribution in [1.82, 2.24) is 9.97 Å². The molecule has 0 aliphatic rings. The summed E-state index contributed by atoms with van der Waals surface area (Å²) in [5.74, 6) is 0. The van der Waals surface area contributed by atoms with Gasteiger partial charge in [0.15, 0.2) is 0 Å². The van der Waals surface area contributed by atoms with Crippen molar-refractivity contribution in [3.63, 3.8) is 0 Å². The second-order valence-corrected chi connectivity index (χ2v) is 3.37. The highest BCUT2D eigenvalue weighted by Crippen LogP contribution is 2.19. The molecule has 2 rings (SSSR count). The standard InChI is InChI=1S/C14H12N2/c1-3-13-10-12(7-9-15-13)11(2)14-6-4-5-8-16-14/h3-10H,1-2H2. The van der Waals surface area contributed by atoms with Crippen LogP contribution in [-0.2, 0) is 0 Å². The summed E-state index contributed by atoms with van der Waals surface area (Å²) in [7, 11) is 0. The van der Waals surface area contributed by atoms with Crippen LogP contribution in [0.5, 0.6) is 0 Å². The van der Waals surface area contributed by atoms with Gasteiger partial charge in [-0.2, -0.15) is 0 Å². The number of nitrogens with zero attached hydrogens (tertiary/aromatic N) is 2. The highest BCUT2D eigenvalue weighted by molar-refractivity contribution is 5.76. The number of rotatable bonds is 3. The molecule has 0 saturated carbocycles. The fraction of sp³-hybridized carbons (Fsp3) is 0. The Morgan fingerprint density at radius 3 is 2.69 bits per heavy atom. The minimum Gasteiger partial charge on any atom is -0.257 e. The second-order valence-electron chi connectivity index (χ2n) is 3.37. The first-order valence-corrected chi connectivity index (χ1v) is 5.00. The molecule has 0 aliphatic heterocycles. The average molecular weight is 208 g/mol. The number of hydrogen-bond donors (Lipinski definition) is 0. The smallest absolute Gasteiger partial charge is 0.0702 e. The molecule has 16 heavy (non-hydrogen) atoms. The SMILES string of the molecule is C=Cc1cc(C(=C)c2ccccn2)ccn1. The van der Waals surface area contributed by atoms with Gasteiger partial charge >= 0.3 is 0 Å². The van der Waals surface area contributed by atoms with Gasteiger partial charge in [0.1, 0.15) is 0 Å². The Labute approximate surface area is 95.0 Å². The van der Waals surface area contributed by atoms with Crippen LogP contribution in [0.3, 0.4) is 0 Å². The maximum absolute atomic E-state index is 4.26. The van der Waals surface area contributed by atoms with Crippen LogP contribution in [0.1, 0.15) is 17.0 Å². The van der Waals surface area contributed by atoms with Gasteiger partial charge in [0.2, 0.25) is 0 Å². The van der Waals surface area contributed by atoms with Gasteiger partial charge in [0, 0.05) is 18.0 Å². The topological polar surface area (TPSA) is 25.8 Å². The van der Waals surface area contributed by atoms with Crippen molar-refractivity contribution in [2.75, 3.05) is 0 Å². The Balaban J connectivity index is 2.38. The third kappa shape index (κ3) is 2.06. The van der Waals surface area contributed by atoms with Gasteiger partial charge in [-0.15, -0.1) is 0 Å². The first-order chi connectivity index (χ1) is 7.81. The Bertz CT molecular complexity index is 515. The molecule has 0 saturated heterocycles. The van der Waals surface area contributed by atoms with Crippen LogP contribution in [0.4, 0.5) is 0 Å². The fourth-order valence-corrected chi connectivity index (χ4v) is 1.44. The van der Waals surface area contributed by atoms with E-state index in [1.165, 1.54) is 0 Å². The zero-order valence-electron chi connectivity index (χ0n) is 8.93. The van der Waals surface area contributed by atoms with E-state index in [4.69, 9.17) is 0 Å². The largest absolute Gasteiger partial charge is 0.257 e. The molecule has 0 N–H and O–H groups in total. The van der Waals surface area contributed by atoms with Gasteiger partial charge in [0.25, 0.3) is 0 Å². The summed E-state index contributed by atoms with van der Waals surface area (Å²) < 4.78 is 0. The summed E-state index contributed by atoms with van der Waals surface area (Å²) in [6, 6.07) is 9.64. The molecule has 0 atom stereocenters. The van der Waals surface area contributed by atoms with Gasteiger partial charge in [-0.05, 0) is 35.9 Å². The lowest BCUT2D eigenvalue weighted by Crippen LogP contribution is -1.91. The van der Waals surface area contributed by atoms with E-state index in [1.54, 1.807) is 18.5 Å². The van der Waals surface area contributed by atoms with Crippen LogP contribution in [0.2, 0.25) is 0 Å². The summed E-state index contributed by atoms with van der Waals surface area (Å²) in [4.78, 5) is 8.42. The van der Waals surface area contributed by atoms with Crippen molar-refractivity contribution in [1.29, 1.82) is 0 Å². The van der Waals surface area contributed by atoms with E-state index < -0.39 is 0 Å². The van der Waals surface area contributed by atoms with E-state index in [0.717, 1.165) is 22.5 Å². The number of hydrogen-bond acceptors (Lipinski definition) is 2. The van der Waals surface area contributed by atoms with E-state index in [9.17, 15) is 0 Å². The van der Waals surface area contributed by atoms with Crippen molar-refractivity contribution in [3.05, 3.63) is 72.8 Å². The average Bonchev–Trinajstić information content (AvgIpc) is 2.39. The quantitative estimate of drug-likeness (QED) is 0.774. The highest BCUT2D eigenvalue weighted by Gasteiger charge is 2.03. The third-order valence-electron chi connectivity index (χ3n) is 2.31. The maximum Gasteiger partial charge on any atom is 0.0702 e. The Morgan fingerprint density at radius 2 is 2.00 bits per heavy atom. The van der Waals surface area contributed by atoms with E-state index in [2.05, 4.69) is 23.1 Å². The van der Waals surface area contributed by atoms with Gasteiger partial charge in [-0.3, -0.25) is 9.97 Å². The van der Waals surface area contributed by atoms with Crippen molar-refractivity contribution < 1.29 is 0 Å². The molecule has 0 bridgehead atoms. The first-order valence-electron chi connectivity index (χ1n) is 5.00. The van der Waals surface area contributed by atoms with Crippen molar-refractivity contribution in [3.8, 4) is 0 Å². The number of aromatic nitrogens is 2. The summed E-state index contributed by atoms with van der Waals surface area (Å²) in [5, 5.41) is 0. The Kier molecular flexibility index (Phi) is 2.92. The molecule has 0 unspecified atom stereocenters. The molecule has 78 valence electrons. The second kappa shape index (κ2) is 4.53. The lowest BCUT2D eigenvalue weighted by Gasteiger charge is -2.05. The van der Waals surface area contributed by atoms with E-state index >= 15 is 0 Å². The molecule has 2 nitrogen and oxygen atoms in total. The molecule has 2 heterocycles. The molecule has 0 fully saturated rings. The normalized spacial score (nSPS) is 9.75. The molecule has 0 aromatic carbocycles. The summed E-state index contributed by atoms with van der Waals surface area (Å²) in [6.07, 6.45) is 5.23. The third-order valence-corrected chi connectivity index (χ3v) is 2.31. The minimum absolute atomic E-state index is 0.842. The van der Waals surface area contributed by atoms with E-state index in [0.29, 0.717) is 0 Å². The van der Waals surface area contributed by atoms with Crippen LogP contribution in [-0.4, -0.2) is 9.97 Å². The van der Waals surface area contributed by atoms with Crippen LogP contribution in [0, 0.1) is 0 Å². The van der Waals surface area contributed by atoms with E-state index in [-0.39, 0.29) is 0 Å². The minimum atomic E-state index is 0.842. The zero-order chi connectivity index (χ0) is 11.4. The Hall–Kier alpha value is -2.22. The van der Waals surface area contributed by atoms with Gasteiger partial charge < -0.3 is 0 Å². The Morgan fingerprint density at radius 1 is 1.12 bits per heavy atom. The molecule has 2 heteroatoms. The fourth-order valence-electron chi connectivity index (χ4n) is 1.44. The van der Waals surface area contributed by atoms with Gasteiger partial charge in [-0.1, -0.05) is 19.2 Å². The van der Waals surface area contributed by atoms with Gasteiger partial charge in [0.05, 0.1) is 11.4 Å². The zero-order valence-corrected chi connectivity index (χ0v) is 8.93. The van der Waals surface area contributed by atoms with Crippen molar-refractivity contribution in [2.24, 2.45) is 0 Å². The van der Waals surface area contributed by atoms with Crippen molar-refractivity contribution in [2.45, 2.75) is 0 Å². The summed E-state index contributed by atoms with van der Waals surface area (Å²) in [6.45, 7) is 7.74. The molecule has 2 aromatic rings. The first kappa shape index (κ1) is 10.3. The van der Waals surface area contributed by atoms with Crippen LogP contribution >= 0.6 is 0 Å². The van der Waals surface area contributed by atoms with Gasteiger partial charge in [-0.25, -0.2) is 0 Å². The predicted octanol–water partition coefficient (Wildman–Crippen LogP) is 3.18. The summed E-state index contributed by atoms with van der Waals surface area (Å²) in [5.41, 5.74) is 3.63. The molecule has 0 radical (unpaired) electrons. The molecule has 0 spiro atoms. The predicted molar refractivity (Wildman–Crippen MR) is 66.7 cm³/mol. The molecule has 2 aromatic heterocycles. The van der Waals surface area contributed by atoms with Crippen LogP contribution in [0.15, 0.2) is 55.9 Å².